The van der Waals surface area contributed by atoms with Gasteiger partial charge in [-0.2, -0.15) is 0 Å². The zero-order chi connectivity index (χ0) is 25.2. The highest BCUT2D eigenvalue weighted by Gasteiger charge is 2.51. The maximum absolute atomic E-state index is 13.7. The molecule has 2 aromatic rings. The van der Waals surface area contributed by atoms with Crippen LogP contribution in [0.2, 0.25) is 0 Å². The number of ether oxygens (including phenoxy) is 4. The van der Waals surface area contributed by atoms with Crippen LogP contribution >= 0.6 is 11.6 Å². The molecule has 0 amide bonds. The van der Waals surface area contributed by atoms with Crippen LogP contribution in [-0.2, 0) is 33.3 Å². The first kappa shape index (κ1) is 25.4. The van der Waals surface area contributed by atoms with E-state index in [1.165, 1.54) is 6.20 Å². The van der Waals surface area contributed by atoms with Gasteiger partial charge >= 0.3 is 17.9 Å². The normalized spacial score (nSPS) is 24.4. The lowest BCUT2D eigenvalue weighted by molar-refractivity contribution is -0.213. The number of esters is 3. The van der Waals surface area contributed by atoms with Crippen molar-refractivity contribution in [1.82, 2.24) is 15.0 Å². The topological polar surface area (TPSA) is 119 Å². The first-order valence-corrected chi connectivity index (χ1v) is 10.3. The summed E-state index contributed by atoms with van der Waals surface area (Å²) in [4.78, 5) is 34.8. The van der Waals surface area contributed by atoms with Crippen molar-refractivity contribution in [3.63, 3.8) is 0 Å². The van der Waals surface area contributed by atoms with Gasteiger partial charge in [0.15, 0.2) is 35.2 Å². The highest BCUT2D eigenvalue weighted by atomic mass is 35.5. The molecule has 1 aliphatic heterocycles. The zero-order valence-corrected chi connectivity index (χ0v) is 18.8. The second-order valence-corrected chi connectivity index (χ2v) is 7.73. The Balaban J connectivity index is 2.05. The molecule has 184 valence electrons. The Morgan fingerprint density at radius 3 is 2.18 bits per heavy atom. The average molecular weight is 506 g/mol. The summed E-state index contributed by atoms with van der Waals surface area (Å²) >= 11 is 6.28. The van der Waals surface area contributed by atoms with Crippen molar-refractivity contribution in [2.45, 2.75) is 50.7 Å². The molecule has 10 nitrogen and oxygen atoms in total. The molecule has 0 N–H and O–H groups in total. The van der Waals surface area contributed by atoms with E-state index in [9.17, 15) is 27.6 Å². The summed E-state index contributed by atoms with van der Waals surface area (Å²) < 4.78 is 63.0. The minimum Gasteiger partial charge on any atom is -0.463 e. The Bertz CT molecular complexity index is 1080. The van der Waals surface area contributed by atoms with Crippen molar-refractivity contribution >= 4 is 29.5 Å². The van der Waals surface area contributed by atoms with Crippen LogP contribution in [0.3, 0.4) is 0 Å². The van der Waals surface area contributed by atoms with E-state index in [1.807, 2.05) is 0 Å². The van der Waals surface area contributed by atoms with Crippen LogP contribution in [0.4, 0.5) is 13.2 Å². The van der Waals surface area contributed by atoms with Crippen LogP contribution in [-0.4, -0.2) is 63.4 Å². The smallest absolute Gasteiger partial charge is 0.303 e. The summed E-state index contributed by atoms with van der Waals surface area (Å²) in [7, 11) is 0. The lowest BCUT2D eigenvalue weighted by Gasteiger charge is -2.43. The van der Waals surface area contributed by atoms with Gasteiger partial charge in [0.25, 0.3) is 0 Å². The monoisotopic (exact) mass is 505 g/mol. The Morgan fingerprint density at radius 1 is 1.03 bits per heavy atom. The Labute approximate surface area is 195 Å². The molecular weight excluding hydrogens is 487 g/mol. The van der Waals surface area contributed by atoms with Gasteiger partial charge in [0.1, 0.15) is 24.4 Å². The van der Waals surface area contributed by atoms with Crippen molar-refractivity contribution < 1.29 is 46.5 Å². The van der Waals surface area contributed by atoms with E-state index in [0.29, 0.717) is 0 Å². The van der Waals surface area contributed by atoms with E-state index in [1.54, 1.807) is 0 Å². The number of nitrogens with zero attached hydrogens (tertiary/aromatic N) is 3. The summed E-state index contributed by atoms with van der Waals surface area (Å²) in [5.74, 6) is -6.65. The SMILES string of the molecule is CC(=O)OCC1O[C@@H](Cl)C(OC(C)=O)[C@@H](n2cc(-c3cc(F)c(F)c(F)c3)nn2)[C@H]1OC(C)=O. The fourth-order valence-electron chi connectivity index (χ4n) is 3.43. The summed E-state index contributed by atoms with van der Waals surface area (Å²) in [6, 6.07) is 0.288. The molecule has 1 saturated heterocycles. The molecule has 1 aromatic heterocycles. The van der Waals surface area contributed by atoms with Crippen molar-refractivity contribution in [3.8, 4) is 11.3 Å². The highest BCUT2D eigenvalue weighted by Crippen LogP contribution is 2.36. The molecule has 14 heteroatoms. The fourth-order valence-corrected chi connectivity index (χ4v) is 3.76. The Hall–Kier alpha value is -3.19. The van der Waals surface area contributed by atoms with Crippen molar-refractivity contribution in [3.05, 3.63) is 35.8 Å². The number of carbonyl (C=O) groups excluding carboxylic acids is 3. The number of rotatable bonds is 6. The van der Waals surface area contributed by atoms with Crippen LogP contribution in [0.1, 0.15) is 26.8 Å². The maximum atomic E-state index is 13.7. The first-order valence-electron chi connectivity index (χ1n) is 9.82. The molecule has 1 fully saturated rings. The molecule has 34 heavy (non-hydrogen) atoms. The number of carbonyl (C=O) groups is 3. The van der Waals surface area contributed by atoms with Crippen LogP contribution in [0, 0.1) is 17.5 Å². The zero-order valence-electron chi connectivity index (χ0n) is 18.0. The number of alkyl halides is 1. The first-order chi connectivity index (χ1) is 16.0. The van der Waals surface area contributed by atoms with Gasteiger partial charge in [-0.3, -0.25) is 14.4 Å². The quantitative estimate of drug-likeness (QED) is 0.252. The van der Waals surface area contributed by atoms with Gasteiger partial charge in [-0.25, -0.2) is 17.9 Å². The lowest BCUT2D eigenvalue weighted by atomic mass is 9.96. The largest absolute Gasteiger partial charge is 0.463 e. The molecule has 5 atom stereocenters. The van der Waals surface area contributed by atoms with Crippen molar-refractivity contribution in [1.29, 1.82) is 0 Å². The Morgan fingerprint density at radius 2 is 1.62 bits per heavy atom. The third kappa shape index (κ3) is 5.65. The van der Waals surface area contributed by atoms with E-state index in [-0.39, 0.29) is 17.9 Å². The predicted molar refractivity (Wildman–Crippen MR) is 107 cm³/mol. The fraction of sp³-hybridized carbons (Fsp3) is 0.450. The molecule has 1 aliphatic rings. The molecule has 0 aliphatic carbocycles. The molecule has 2 heterocycles. The van der Waals surface area contributed by atoms with Gasteiger partial charge in [-0.05, 0) is 12.1 Å². The number of hydrogen-bond donors (Lipinski definition) is 0. The standard InChI is InChI=1S/C20H19ClF3N3O7/c1-8(28)31-7-15-18(32-9(2)29)17(19(20(21)34-15)33-10(3)30)27-6-14(25-26-27)11-4-12(22)16(24)13(23)5-11/h4-6,15,17-20H,7H2,1-3H3/t15?,17-,18-,19?,20+/m0/s1. The summed E-state index contributed by atoms with van der Waals surface area (Å²) in [6.07, 6.45) is -2.40. The minimum absolute atomic E-state index is 0.0740. The number of aromatic nitrogens is 3. The average Bonchev–Trinajstić information content (AvgIpc) is 3.22. The van der Waals surface area contributed by atoms with Gasteiger partial charge < -0.3 is 18.9 Å². The number of benzene rings is 1. The van der Waals surface area contributed by atoms with Crippen LogP contribution in [0.15, 0.2) is 18.3 Å². The van der Waals surface area contributed by atoms with Gasteiger partial charge in [0.05, 0.1) is 6.20 Å². The summed E-state index contributed by atoms with van der Waals surface area (Å²) in [6.45, 7) is 3.02. The molecule has 1 aromatic carbocycles. The van der Waals surface area contributed by atoms with Gasteiger partial charge in [-0.1, -0.05) is 16.8 Å². The van der Waals surface area contributed by atoms with Gasteiger partial charge in [-0.15, -0.1) is 5.10 Å². The summed E-state index contributed by atoms with van der Waals surface area (Å²) in [5.41, 5.74) is -1.51. The molecule has 0 bridgehead atoms. The predicted octanol–water partition coefficient (Wildman–Crippen LogP) is 2.29. The molecular formula is C20H19ClF3N3O7. The van der Waals surface area contributed by atoms with Crippen LogP contribution in [0.25, 0.3) is 11.3 Å². The Kier molecular flexibility index (Phi) is 7.77. The van der Waals surface area contributed by atoms with Crippen LogP contribution in [0.5, 0.6) is 0 Å². The molecule has 2 unspecified atom stereocenters. The second kappa shape index (κ2) is 10.4. The van der Waals surface area contributed by atoms with Gasteiger partial charge in [0.2, 0.25) is 0 Å². The van der Waals surface area contributed by atoms with E-state index in [2.05, 4.69) is 10.3 Å². The minimum atomic E-state index is -1.65. The molecule has 3 rings (SSSR count). The van der Waals surface area contributed by atoms with E-state index >= 15 is 0 Å². The summed E-state index contributed by atoms with van der Waals surface area (Å²) in [5, 5.41) is 7.73. The third-order valence-electron chi connectivity index (χ3n) is 4.75. The lowest BCUT2D eigenvalue weighted by Crippen LogP contribution is -2.57. The van der Waals surface area contributed by atoms with Crippen LogP contribution < -0.4 is 0 Å². The molecule has 0 radical (unpaired) electrons. The number of hydrogen-bond acceptors (Lipinski definition) is 9. The van der Waals surface area contributed by atoms with E-state index < -0.39 is 65.3 Å². The maximum Gasteiger partial charge on any atom is 0.303 e. The number of halogens is 4. The highest BCUT2D eigenvalue weighted by molar-refractivity contribution is 6.20. The van der Waals surface area contributed by atoms with E-state index in [4.69, 9.17) is 30.5 Å². The molecule has 0 spiro atoms. The van der Waals surface area contributed by atoms with Gasteiger partial charge in [0, 0.05) is 26.3 Å². The second-order valence-electron chi connectivity index (χ2n) is 7.30. The molecule has 0 saturated carbocycles. The van der Waals surface area contributed by atoms with E-state index in [0.717, 1.165) is 37.6 Å². The van der Waals surface area contributed by atoms with Crippen molar-refractivity contribution in [2.24, 2.45) is 0 Å². The third-order valence-corrected chi connectivity index (χ3v) is 5.10. The van der Waals surface area contributed by atoms with Crippen molar-refractivity contribution in [2.75, 3.05) is 6.61 Å².